The van der Waals surface area contributed by atoms with Crippen LogP contribution in [0.25, 0.3) is 11.1 Å². The lowest BCUT2D eigenvalue weighted by Crippen LogP contribution is -2.06. The molecule has 0 aromatic heterocycles. The zero-order valence-corrected chi connectivity index (χ0v) is 12.9. The van der Waals surface area contributed by atoms with Crippen molar-refractivity contribution in [3.05, 3.63) is 64.2 Å². The first kappa shape index (κ1) is 17.4. The van der Waals surface area contributed by atoms with Crippen molar-refractivity contribution < 1.29 is 14.5 Å². The summed E-state index contributed by atoms with van der Waals surface area (Å²) in [5.74, 6) is -0.499. The fraction of sp³-hybridized carbons (Fsp3) is 0.235. The smallest absolute Gasteiger partial charge is 0.310 e. The van der Waals surface area contributed by atoms with Crippen molar-refractivity contribution in [2.45, 2.75) is 20.3 Å². The highest BCUT2D eigenvalue weighted by atomic mass is 16.6. The van der Waals surface area contributed by atoms with Gasteiger partial charge in [-0.15, -0.1) is 0 Å². The summed E-state index contributed by atoms with van der Waals surface area (Å²) >= 11 is 0. The van der Waals surface area contributed by atoms with Gasteiger partial charge in [-0.2, -0.15) is 0 Å². The first-order valence-electron chi connectivity index (χ1n) is 7.01. The molecule has 0 fully saturated rings. The van der Waals surface area contributed by atoms with Crippen LogP contribution in [0.1, 0.15) is 19.4 Å². The van der Waals surface area contributed by atoms with Crippen molar-refractivity contribution in [1.82, 2.24) is 0 Å². The van der Waals surface area contributed by atoms with E-state index in [4.69, 9.17) is 0 Å². The number of rotatable bonds is 4. The molecular weight excluding hydrogens is 282 g/mol. The number of carbonyl (C=O) groups is 1. The van der Waals surface area contributed by atoms with Gasteiger partial charge in [0.2, 0.25) is 0 Å². The second-order valence-electron chi connectivity index (χ2n) is 4.22. The maximum atomic E-state index is 11.3. The number of nitrogens with zero attached hydrogens (tertiary/aromatic N) is 1. The fourth-order valence-corrected chi connectivity index (χ4v) is 1.92. The molecule has 5 nitrogen and oxygen atoms in total. The molecule has 22 heavy (non-hydrogen) atoms. The Bertz CT molecular complexity index is 638. The molecule has 0 N–H and O–H groups in total. The highest BCUT2D eigenvalue weighted by Crippen LogP contribution is 2.27. The van der Waals surface area contributed by atoms with Crippen LogP contribution in [0.2, 0.25) is 0 Å². The van der Waals surface area contributed by atoms with Gasteiger partial charge in [0.25, 0.3) is 5.69 Å². The van der Waals surface area contributed by atoms with Gasteiger partial charge >= 0.3 is 5.97 Å². The van der Waals surface area contributed by atoms with Gasteiger partial charge in [-0.25, -0.2) is 0 Å². The van der Waals surface area contributed by atoms with Crippen LogP contribution in [-0.4, -0.2) is 18.0 Å². The second kappa shape index (κ2) is 8.56. The van der Waals surface area contributed by atoms with E-state index in [1.807, 2.05) is 44.2 Å². The first-order chi connectivity index (χ1) is 10.6. The lowest BCUT2D eigenvalue weighted by Gasteiger charge is -2.05. The number of benzene rings is 2. The van der Waals surface area contributed by atoms with Crippen LogP contribution in [0.15, 0.2) is 48.5 Å². The van der Waals surface area contributed by atoms with Crippen LogP contribution in [0, 0.1) is 10.1 Å². The SMILES string of the molecule is CC.COC(=O)Cc1ccc(-c2ccccc2)cc1[N+](=O)[O-]. The molecule has 0 saturated heterocycles. The molecule has 5 heteroatoms. The summed E-state index contributed by atoms with van der Waals surface area (Å²) in [7, 11) is 1.26. The summed E-state index contributed by atoms with van der Waals surface area (Å²) in [5.41, 5.74) is 1.91. The number of carbonyl (C=O) groups excluding carboxylic acids is 1. The maximum absolute atomic E-state index is 11.3. The Labute approximate surface area is 129 Å². The van der Waals surface area contributed by atoms with Gasteiger partial charge in [0, 0.05) is 11.6 Å². The third kappa shape index (κ3) is 4.41. The van der Waals surface area contributed by atoms with Crippen molar-refractivity contribution in [3.8, 4) is 11.1 Å². The summed E-state index contributed by atoms with van der Waals surface area (Å²) in [4.78, 5) is 21.9. The minimum Gasteiger partial charge on any atom is -0.469 e. The summed E-state index contributed by atoms with van der Waals surface area (Å²) < 4.78 is 4.54. The minimum atomic E-state index is -0.499. The molecule has 0 heterocycles. The zero-order chi connectivity index (χ0) is 16.5. The maximum Gasteiger partial charge on any atom is 0.310 e. The second-order valence-corrected chi connectivity index (χ2v) is 4.22. The van der Waals surface area contributed by atoms with Gasteiger partial charge in [0.1, 0.15) is 0 Å². The van der Waals surface area contributed by atoms with Gasteiger partial charge in [0.05, 0.1) is 18.5 Å². The van der Waals surface area contributed by atoms with Crippen molar-refractivity contribution >= 4 is 11.7 Å². The van der Waals surface area contributed by atoms with E-state index < -0.39 is 10.9 Å². The van der Waals surface area contributed by atoms with Crippen molar-refractivity contribution in [1.29, 1.82) is 0 Å². The Morgan fingerprint density at radius 2 is 1.73 bits per heavy atom. The van der Waals surface area contributed by atoms with Gasteiger partial charge in [0.15, 0.2) is 0 Å². The number of hydrogen-bond donors (Lipinski definition) is 0. The number of esters is 1. The molecule has 0 aliphatic rings. The van der Waals surface area contributed by atoms with Crippen LogP contribution < -0.4 is 0 Å². The van der Waals surface area contributed by atoms with E-state index in [0.717, 1.165) is 11.1 Å². The summed E-state index contributed by atoms with van der Waals surface area (Å²) in [5, 5.41) is 11.1. The van der Waals surface area contributed by atoms with E-state index in [2.05, 4.69) is 4.74 Å². The van der Waals surface area contributed by atoms with Crippen LogP contribution in [0.3, 0.4) is 0 Å². The van der Waals surface area contributed by atoms with Gasteiger partial charge in [-0.3, -0.25) is 14.9 Å². The molecular formula is C17H19NO4. The normalized spacial score (nSPS) is 9.41. The van der Waals surface area contributed by atoms with Gasteiger partial charge in [-0.05, 0) is 11.1 Å². The zero-order valence-electron chi connectivity index (χ0n) is 12.9. The fourth-order valence-electron chi connectivity index (χ4n) is 1.92. The predicted octanol–water partition coefficient (Wildman–Crippen LogP) is 4.00. The minimum absolute atomic E-state index is 0.0725. The molecule has 116 valence electrons. The third-order valence-electron chi connectivity index (χ3n) is 2.95. The van der Waals surface area contributed by atoms with Crippen molar-refractivity contribution in [3.63, 3.8) is 0 Å². The van der Waals surface area contributed by atoms with Crippen LogP contribution in [-0.2, 0) is 16.0 Å². The lowest BCUT2D eigenvalue weighted by molar-refractivity contribution is -0.385. The summed E-state index contributed by atoms with van der Waals surface area (Å²) in [6.07, 6.45) is -0.109. The highest BCUT2D eigenvalue weighted by molar-refractivity contribution is 5.76. The number of nitro groups is 1. The monoisotopic (exact) mass is 301 g/mol. The topological polar surface area (TPSA) is 69.4 Å². The molecule has 2 aromatic rings. The predicted molar refractivity (Wildman–Crippen MR) is 85.6 cm³/mol. The standard InChI is InChI=1S/C15H13NO4.C2H6/c1-20-15(17)10-13-8-7-12(9-14(13)16(18)19)11-5-3-2-4-6-11;1-2/h2-9H,10H2,1H3;1-2H3. The Kier molecular flexibility index (Phi) is 6.76. The molecule has 2 rings (SSSR count). The third-order valence-corrected chi connectivity index (χ3v) is 2.95. The van der Waals surface area contributed by atoms with Crippen molar-refractivity contribution in [2.75, 3.05) is 7.11 Å². The highest BCUT2D eigenvalue weighted by Gasteiger charge is 2.17. The van der Waals surface area contributed by atoms with Gasteiger partial charge in [-0.1, -0.05) is 56.3 Å². The molecule has 0 unspecified atom stereocenters. The van der Waals surface area contributed by atoms with E-state index in [1.165, 1.54) is 13.2 Å². The molecule has 0 aliphatic heterocycles. The Morgan fingerprint density at radius 3 is 2.27 bits per heavy atom. The van der Waals surface area contributed by atoms with E-state index in [1.54, 1.807) is 12.1 Å². The summed E-state index contributed by atoms with van der Waals surface area (Å²) in [6, 6.07) is 14.2. The Hall–Kier alpha value is -2.69. The number of ether oxygens (including phenoxy) is 1. The van der Waals surface area contributed by atoms with Gasteiger partial charge < -0.3 is 4.74 Å². The van der Waals surface area contributed by atoms with Crippen molar-refractivity contribution in [2.24, 2.45) is 0 Å². The first-order valence-corrected chi connectivity index (χ1v) is 7.01. The molecule has 2 aromatic carbocycles. The van der Waals surface area contributed by atoms with E-state index in [0.29, 0.717) is 5.56 Å². The number of nitro benzene ring substituents is 1. The largest absolute Gasteiger partial charge is 0.469 e. The van der Waals surface area contributed by atoms with Crippen LogP contribution >= 0.6 is 0 Å². The van der Waals surface area contributed by atoms with E-state index in [-0.39, 0.29) is 12.1 Å². The summed E-state index contributed by atoms with van der Waals surface area (Å²) in [6.45, 7) is 4.00. The lowest BCUT2D eigenvalue weighted by atomic mass is 10.0. The molecule has 0 atom stereocenters. The quantitative estimate of drug-likeness (QED) is 0.486. The van der Waals surface area contributed by atoms with Crippen LogP contribution in [0.5, 0.6) is 0 Å². The number of methoxy groups -OCH3 is 1. The average molecular weight is 301 g/mol. The molecule has 0 bridgehead atoms. The Balaban J connectivity index is 0.00000116. The van der Waals surface area contributed by atoms with E-state index in [9.17, 15) is 14.9 Å². The number of hydrogen-bond acceptors (Lipinski definition) is 4. The van der Waals surface area contributed by atoms with Crippen LogP contribution in [0.4, 0.5) is 5.69 Å². The molecule has 0 saturated carbocycles. The molecule has 0 amide bonds. The Morgan fingerprint density at radius 1 is 1.09 bits per heavy atom. The van der Waals surface area contributed by atoms with E-state index >= 15 is 0 Å². The molecule has 0 aliphatic carbocycles. The molecule has 0 spiro atoms. The molecule has 0 radical (unpaired) electrons. The average Bonchev–Trinajstić information content (AvgIpc) is 2.57.